The summed E-state index contributed by atoms with van der Waals surface area (Å²) in [6, 6.07) is 7.05. The van der Waals surface area contributed by atoms with E-state index in [1.54, 1.807) is 30.6 Å². The molecule has 1 aliphatic carbocycles. The van der Waals surface area contributed by atoms with Gasteiger partial charge in [-0.05, 0) is 48.2 Å². The van der Waals surface area contributed by atoms with E-state index < -0.39 is 0 Å². The molecular weight excluding hydrogens is 295 g/mol. The summed E-state index contributed by atoms with van der Waals surface area (Å²) >= 11 is 12.2. The number of nitrogens with one attached hydrogen (secondary N) is 1. The summed E-state index contributed by atoms with van der Waals surface area (Å²) in [6.45, 7) is 0. The fraction of sp³-hybridized carbons (Fsp3) is 0.200. The van der Waals surface area contributed by atoms with E-state index in [0.29, 0.717) is 15.6 Å². The SMILES string of the molecule is O=C(NC1CCc2cc(Cl)cc(Cl)c21)c1cccnc1. The Morgan fingerprint density at radius 2 is 2.20 bits per heavy atom. The number of carbonyl (C=O) groups is 1. The molecular formula is C15H12Cl2N2O. The van der Waals surface area contributed by atoms with Crippen LogP contribution in [0.2, 0.25) is 10.0 Å². The van der Waals surface area contributed by atoms with E-state index in [1.165, 1.54) is 0 Å². The Hall–Kier alpha value is -1.58. The van der Waals surface area contributed by atoms with Gasteiger partial charge in [-0.25, -0.2) is 0 Å². The number of benzene rings is 1. The highest BCUT2D eigenvalue weighted by Crippen LogP contribution is 2.38. The van der Waals surface area contributed by atoms with Crippen LogP contribution in [0.1, 0.15) is 33.9 Å². The third-order valence-corrected chi connectivity index (χ3v) is 3.99. The fourth-order valence-corrected chi connectivity index (χ4v) is 3.23. The minimum atomic E-state index is -0.137. The number of fused-ring (bicyclic) bond motifs is 1. The molecule has 1 aromatic heterocycles. The maximum Gasteiger partial charge on any atom is 0.253 e. The Morgan fingerprint density at radius 3 is 2.95 bits per heavy atom. The van der Waals surface area contributed by atoms with Crippen LogP contribution < -0.4 is 5.32 Å². The summed E-state index contributed by atoms with van der Waals surface area (Å²) in [5.41, 5.74) is 2.64. The van der Waals surface area contributed by atoms with Crippen LogP contribution in [0.5, 0.6) is 0 Å². The highest BCUT2D eigenvalue weighted by molar-refractivity contribution is 6.35. The highest BCUT2D eigenvalue weighted by Gasteiger charge is 2.27. The van der Waals surface area contributed by atoms with Gasteiger partial charge in [0.1, 0.15) is 0 Å². The molecule has 1 aromatic carbocycles. The van der Waals surface area contributed by atoms with Crippen molar-refractivity contribution in [2.75, 3.05) is 0 Å². The van der Waals surface area contributed by atoms with Crippen molar-refractivity contribution in [2.24, 2.45) is 0 Å². The van der Waals surface area contributed by atoms with E-state index in [0.717, 1.165) is 24.0 Å². The molecule has 0 fully saturated rings. The van der Waals surface area contributed by atoms with Crippen molar-refractivity contribution in [1.29, 1.82) is 0 Å². The maximum atomic E-state index is 12.2. The zero-order valence-corrected chi connectivity index (χ0v) is 12.1. The van der Waals surface area contributed by atoms with Crippen molar-refractivity contribution in [3.8, 4) is 0 Å². The molecule has 2 aromatic rings. The van der Waals surface area contributed by atoms with E-state index >= 15 is 0 Å². The number of hydrogen-bond acceptors (Lipinski definition) is 2. The molecule has 1 heterocycles. The lowest BCUT2D eigenvalue weighted by Gasteiger charge is -2.15. The molecule has 0 saturated carbocycles. The predicted molar refractivity (Wildman–Crippen MR) is 79.2 cm³/mol. The molecule has 0 aliphatic heterocycles. The first-order valence-electron chi connectivity index (χ1n) is 6.34. The summed E-state index contributed by atoms with van der Waals surface area (Å²) in [5, 5.41) is 4.25. The van der Waals surface area contributed by atoms with Gasteiger partial charge in [0.15, 0.2) is 0 Å². The lowest BCUT2D eigenvalue weighted by molar-refractivity contribution is 0.0936. The van der Waals surface area contributed by atoms with Crippen molar-refractivity contribution < 1.29 is 4.79 Å². The number of nitrogens with zero attached hydrogens (tertiary/aromatic N) is 1. The lowest BCUT2D eigenvalue weighted by atomic mass is 10.1. The molecule has 0 saturated heterocycles. The molecule has 20 heavy (non-hydrogen) atoms. The first kappa shape index (κ1) is 13.4. The van der Waals surface area contributed by atoms with Crippen LogP contribution in [0, 0.1) is 0 Å². The van der Waals surface area contributed by atoms with Crippen molar-refractivity contribution in [1.82, 2.24) is 10.3 Å². The van der Waals surface area contributed by atoms with E-state index in [9.17, 15) is 4.79 Å². The number of aryl methyl sites for hydroxylation is 1. The standard InChI is InChI=1S/C15H12Cl2N2O/c16-11-6-9-3-4-13(14(9)12(17)7-11)19-15(20)10-2-1-5-18-8-10/h1-2,5-8,13H,3-4H2,(H,19,20). The highest BCUT2D eigenvalue weighted by atomic mass is 35.5. The van der Waals surface area contributed by atoms with Crippen LogP contribution in [0.15, 0.2) is 36.7 Å². The fourth-order valence-electron chi connectivity index (χ4n) is 2.56. The molecule has 0 radical (unpaired) electrons. The second-order valence-corrected chi connectivity index (χ2v) is 5.61. The Morgan fingerprint density at radius 1 is 1.35 bits per heavy atom. The van der Waals surface area contributed by atoms with Gasteiger partial charge in [-0.15, -0.1) is 0 Å². The Labute approximate surface area is 126 Å². The van der Waals surface area contributed by atoms with Crippen molar-refractivity contribution in [2.45, 2.75) is 18.9 Å². The van der Waals surface area contributed by atoms with E-state index in [2.05, 4.69) is 10.3 Å². The number of rotatable bonds is 2. The maximum absolute atomic E-state index is 12.2. The number of hydrogen-bond donors (Lipinski definition) is 1. The molecule has 102 valence electrons. The summed E-state index contributed by atoms with van der Waals surface area (Å²) < 4.78 is 0. The number of carbonyl (C=O) groups excluding carboxylic acids is 1. The predicted octanol–water partition coefficient (Wildman–Crippen LogP) is 3.81. The van der Waals surface area contributed by atoms with Crippen molar-refractivity contribution in [3.05, 3.63) is 63.4 Å². The minimum Gasteiger partial charge on any atom is -0.345 e. The van der Waals surface area contributed by atoms with Crippen LogP contribution in [0.3, 0.4) is 0 Å². The smallest absolute Gasteiger partial charge is 0.253 e. The molecule has 3 rings (SSSR count). The molecule has 1 atom stereocenters. The van der Waals surface area contributed by atoms with Gasteiger partial charge in [0, 0.05) is 22.4 Å². The number of amides is 1. The quantitative estimate of drug-likeness (QED) is 0.917. The number of halogens is 2. The van der Waals surface area contributed by atoms with Gasteiger partial charge >= 0.3 is 0 Å². The summed E-state index contributed by atoms with van der Waals surface area (Å²) in [7, 11) is 0. The number of pyridine rings is 1. The molecule has 3 nitrogen and oxygen atoms in total. The van der Waals surface area contributed by atoms with Gasteiger partial charge in [-0.2, -0.15) is 0 Å². The molecule has 1 unspecified atom stereocenters. The molecule has 1 amide bonds. The second kappa shape index (κ2) is 5.43. The van der Waals surface area contributed by atoms with Gasteiger partial charge in [0.2, 0.25) is 0 Å². The second-order valence-electron chi connectivity index (χ2n) is 4.77. The molecule has 0 spiro atoms. The molecule has 0 bridgehead atoms. The summed E-state index contributed by atoms with van der Waals surface area (Å²) in [4.78, 5) is 16.1. The zero-order chi connectivity index (χ0) is 14.1. The lowest BCUT2D eigenvalue weighted by Crippen LogP contribution is -2.27. The topological polar surface area (TPSA) is 42.0 Å². The van der Waals surface area contributed by atoms with Crippen LogP contribution in [-0.4, -0.2) is 10.9 Å². The van der Waals surface area contributed by atoms with E-state index in [4.69, 9.17) is 23.2 Å². The van der Waals surface area contributed by atoms with Gasteiger partial charge in [-0.1, -0.05) is 23.2 Å². The van der Waals surface area contributed by atoms with E-state index in [1.807, 2.05) is 6.07 Å². The van der Waals surface area contributed by atoms with Crippen molar-refractivity contribution in [3.63, 3.8) is 0 Å². The monoisotopic (exact) mass is 306 g/mol. The summed E-state index contributed by atoms with van der Waals surface area (Å²) in [6.07, 6.45) is 4.89. The van der Waals surface area contributed by atoms with Gasteiger partial charge in [0.05, 0.1) is 11.6 Å². The van der Waals surface area contributed by atoms with Gasteiger partial charge in [-0.3, -0.25) is 9.78 Å². The third-order valence-electron chi connectivity index (χ3n) is 3.46. The normalized spacial score (nSPS) is 16.8. The largest absolute Gasteiger partial charge is 0.345 e. The van der Waals surface area contributed by atoms with Crippen LogP contribution in [-0.2, 0) is 6.42 Å². The van der Waals surface area contributed by atoms with Crippen LogP contribution in [0.25, 0.3) is 0 Å². The minimum absolute atomic E-state index is 0.0672. The average Bonchev–Trinajstić information content (AvgIpc) is 2.82. The Bertz CT molecular complexity index is 658. The third kappa shape index (κ3) is 2.51. The Balaban J connectivity index is 1.84. The first-order valence-corrected chi connectivity index (χ1v) is 7.09. The van der Waals surface area contributed by atoms with E-state index in [-0.39, 0.29) is 11.9 Å². The first-order chi connectivity index (χ1) is 9.65. The molecule has 5 heteroatoms. The number of aromatic nitrogens is 1. The zero-order valence-electron chi connectivity index (χ0n) is 10.6. The Kier molecular flexibility index (Phi) is 3.64. The van der Waals surface area contributed by atoms with Crippen LogP contribution >= 0.6 is 23.2 Å². The molecule has 1 N–H and O–H groups in total. The van der Waals surface area contributed by atoms with Crippen molar-refractivity contribution >= 4 is 29.1 Å². The van der Waals surface area contributed by atoms with Crippen LogP contribution in [0.4, 0.5) is 0 Å². The van der Waals surface area contributed by atoms with Gasteiger partial charge in [0.25, 0.3) is 5.91 Å². The summed E-state index contributed by atoms with van der Waals surface area (Å²) in [5.74, 6) is -0.137. The molecule has 1 aliphatic rings. The average molecular weight is 307 g/mol. The van der Waals surface area contributed by atoms with Gasteiger partial charge < -0.3 is 5.32 Å².